The number of hydrogen-bond donors (Lipinski definition) is 1. The molecule has 0 aliphatic carbocycles. The van der Waals surface area contributed by atoms with Crippen LogP contribution in [0.4, 0.5) is 0 Å². The van der Waals surface area contributed by atoms with E-state index in [4.69, 9.17) is 9.47 Å². The molecule has 1 aromatic carbocycles. The van der Waals surface area contributed by atoms with Crippen molar-refractivity contribution in [1.29, 1.82) is 0 Å². The molecule has 0 bridgehead atoms. The molecular weight excluding hydrogens is 334 g/mol. The van der Waals surface area contributed by atoms with Crippen molar-refractivity contribution in [3.05, 3.63) is 46.2 Å². The minimum atomic E-state index is -2.93. The van der Waals surface area contributed by atoms with Crippen LogP contribution >= 0.6 is 11.3 Å². The van der Waals surface area contributed by atoms with Gasteiger partial charge in [-0.3, -0.25) is 0 Å². The summed E-state index contributed by atoms with van der Waals surface area (Å²) in [6.07, 6.45) is 1.23. The first-order valence-electron chi connectivity index (χ1n) is 7.18. The van der Waals surface area contributed by atoms with Crippen LogP contribution in [0.2, 0.25) is 0 Å². The minimum Gasteiger partial charge on any atom is -0.493 e. The summed E-state index contributed by atoms with van der Waals surface area (Å²) in [6.45, 7) is 1.52. The van der Waals surface area contributed by atoms with Gasteiger partial charge in [-0.25, -0.2) is 8.42 Å². The molecule has 1 N–H and O–H groups in total. The highest BCUT2D eigenvalue weighted by Gasteiger charge is 2.07. The predicted octanol–water partition coefficient (Wildman–Crippen LogP) is 2.47. The largest absolute Gasteiger partial charge is 0.493 e. The van der Waals surface area contributed by atoms with Gasteiger partial charge in [-0.1, -0.05) is 12.1 Å². The van der Waals surface area contributed by atoms with E-state index in [-0.39, 0.29) is 5.75 Å². The molecule has 1 heterocycles. The number of benzene rings is 1. The molecule has 5 nitrogen and oxygen atoms in total. The molecule has 126 valence electrons. The van der Waals surface area contributed by atoms with Gasteiger partial charge < -0.3 is 14.8 Å². The summed E-state index contributed by atoms with van der Waals surface area (Å²) in [4.78, 5) is 1.15. The topological polar surface area (TPSA) is 64.6 Å². The zero-order valence-corrected chi connectivity index (χ0v) is 14.9. The van der Waals surface area contributed by atoms with Crippen LogP contribution in [0.1, 0.15) is 10.4 Å². The van der Waals surface area contributed by atoms with Gasteiger partial charge in [0.2, 0.25) is 0 Å². The number of ether oxygens (including phenoxy) is 2. The molecule has 0 atom stereocenters. The van der Waals surface area contributed by atoms with Crippen LogP contribution in [0, 0.1) is 0 Å². The Hall–Kier alpha value is -1.57. The van der Waals surface area contributed by atoms with E-state index >= 15 is 0 Å². The highest BCUT2D eigenvalue weighted by atomic mass is 32.2. The summed E-state index contributed by atoms with van der Waals surface area (Å²) >= 11 is 1.65. The Bertz CT molecular complexity index is 712. The second-order valence-electron chi connectivity index (χ2n) is 5.16. The summed E-state index contributed by atoms with van der Waals surface area (Å²) in [5.74, 6) is 1.50. The van der Waals surface area contributed by atoms with Gasteiger partial charge in [0.15, 0.2) is 11.5 Å². The third-order valence-electron chi connectivity index (χ3n) is 3.16. The molecule has 0 aliphatic rings. The maximum Gasteiger partial charge on any atom is 0.161 e. The first-order chi connectivity index (χ1) is 11.0. The Kier molecular flexibility index (Phi) is 6.44. The lowest BCUT2D eigenvalue weighted by molar-refractivity contribution is 0.287. The molecular formula is C16H21NO4S2. The van der Waals surface area contributed by atoms with Gasteiger partial charge in [0.05, 0.1) is 12.9 Å². The third kappa shape index (κ3) is 6.21. The summed E-state index contributed by atoms with van der Waals surface area (Å²) in [6, 6.07) is 9.74. The summed E-state index contributed by atoms with van der Waals surface area (Å²) < 4.78 is 33.3. The molecule has 0 unspecified atom stereocenters. The normalized spacial score (nSPS) is 11.4. The van der Waals surface area contributed by atoms with Crippen LogP contribution in [-0.4, -0.2) is 34.1 Å². The predicted molar refractivity (Wildman–Crippen MR) is 93.1 cm³/mol. The molecule has 0 amide bonds. The quantitative estimate of drug-likeness (QED) is 0.700. The van der Waals surface area contributed by atoms with Crippen molar-refractivity contribution < 1.29 is 17.9 Å². The lowest BCUT2D eigenvalue weighted by Gasteiger charge is -2.12. The average Bonchev–Trinajstić information content (AvgIpc) is 3.02. The molecule has 1 aromatic heterocycles. The first kappa shape index (κ1) is 17.8. The van der Waals surface area contributed by atoms with Crippen LogP contribution < -0.4 is 14.8 Å². The number of hydrogen-bond acceptors (Lipinski definition) is 6. The summed E-state index contributed by atoms with van der Waals surface area (Å²) in [5, 5.41) is 5.12. The van der Waals surface area contributed by atoms with Crippen molar-refractivity contribution >= 4 is 21.2 Å². The second-order valence-corrected chi connectivity index (χ2v) is 8.45. The number of sulfone groups is 1. The Morgan fingerprint density at radius 3 is 2.70 bits per heavy atom. The molecule has 0 spiro atoms. The first-order valence-corrected chi connectivity index (χ1v) is 10.1. The monoisotopic (exact) mass is 355 g/mol. The van der Waals surface area contributed by atoms with E-state index in [9.17, 15) is 8.42 Å². The van der Waals surface area contributed by atoms with Gasteiger partial charge >= 0.3 is 0 Å². The Morgan fingerprint density at radius 2 is 2.04 bits per heavy atom. The van der Waals surface area contributed by atoms with E-state index in [1.54, 1.807) is 18.4 Å². The molecule has 2 rings (SSSR count). The maximum atomic E-state index is 11.1. The SMILES string of the molecule is COc1cc(CNCCS(C)(=O)=O)ccc1OCc1cccs1. The maximum absolute atomic E-state index is 11.1. The van der Waals surface area contributed by atoms with Gasteiger partial charge in [0.25, 0.3) is 0 Å². The Labute approximate surface area is 141 Å². The molecule has 0 saturated carbocycles. The molecule has 23 heavy (non-hydrogen) atoms. The number of methoxy groups -OCH3 is 1. The van der Waals surface area contributed by atoms with Crippen LogP contribution in [0.3, 0.4) is 0 Å². The summed E-state index contributed by atoms with van der Waals surface area (Å²) in [7, 11) is -1.33. The van der Waals surface area contributed by atoms with Crippen molar-refractivity contribution in [1.82, 2.24) is 5.32 Å². The van der Waals surface area contributed by atoms with Crippen molar-refractivity contribution in [2.24, 2.45) is 0 Å². The zero-order valence-electron chi connectivity index (χ0n) is 13.2. The average molecular weight is 355 g/mol. The van der Waals surface area contributed by atoms with Gasteiger partial charge in [-0.2, -0.15) is 0 Å². The summed E-state index contributed by atoms with van der Waals surface area (Å²) in [5.41, 5.74) is 1.01. The van der Waals surface area contributed by atoms with Crippen molar-refractivity contribution in [3.63, 3.8) is 0 Å². The van der Waals surface area contributed by atoms with Gasteiger partial charge in [0, 0.05) is 24.2 Å². The van der Waals surface area contributed by atoms with Crippen LogP contribution in [0.15, 0.2) is 35.7 Å². The highest BCUT2D eigenvalue weighted by Crippen LogP contribution is 2.29. The van der Waals surface area contributed by atoms with Crippen LogP contribution in [-0.2, 0) is 23.0 Å². The minimum absolute atomic E-state index is 0.131. The van der Waals surface area contributed by atoms with Gasteiger partial charge in [-0.05, 0) is 29.1 Å². The van der Waals surface area contributed by atoms with E-state index < -0.39 is 9.84 Å². The molecule has 0 saturated heterocycles. The van der Waals surface area contributed by atoms with E-state index in [0.717, 1.165) is 10.4 Å². The molecule has 0 radical (unpaired) electrons. The lowest BCUT2D eigenvalue weighted by atomic mass is 10.2. The fourth-order valence-corrected chi connectivity index (χ4v) is 3.11. The van der Waals surface area contributed by atoms with Crippen LogP contribution in [0.25, 0.3) is 0 Å². The van der Waals surface area contributed by atoms with Crippen molar-refractivity contribution in [3.8, 4) is 11.5 Å². The van der Waals surface area contributed by atoms with Gasteiger partial charge in [-0.15, -0.1) is 11.3 Å². The molecule has 0 fully saturated rings. The van der Waals surface area contributed by atoms with Crippen molar-refractivity contribution in [2.45, 2.75) is 13.2 Å². The lowest BCUT2D eigenvalue weighted by Crippen LogP contribution is -2.21. The van der Waals surface area contributed by atoms with Crippen molar-refractivity contribution in [2.75, 3.05) is 25.7 Å². The van der Waals surface area contributed by atoms with E-state index in [1.165, 1.54) is 6.26 Å². The smallest absolute Gasteiger partial charge is 0.161 e. The Balaban J connectivity index is 1.90. The molecule has 0 aliphatic heterocycles. The fourth-order valence-electron chi connectivity index (χ4n) is 1.98. The standard InChI is InChI=1S/C16H21NO4S2/c1-20-16-10-13(11-17-7-9-23(2,18)19)5-6-15(16)21-12-14-4-3-8-22-14/h3-6,8,10,17H,7,9,11-12H2,1-2H3. The van der Waals surface area contributed by atoms with E-state index in [0.29, 0.717) is 31.2 Å². The zero-order chi connectivity index (χ0) is 16.7. The second kappa shape index (κ2) is 8.33. The molecule has 2 aromatic rings. The van der Waals surface area contributed by atoms with E-state index in [1.807, 2.05) is 35.7 Å². The van der Waals surface area contributed by atoms with E-state index in [2.05, 4.69) is 5.32 Å². The Morgan fingerprint density at radius 1 is 1.22 bits per heavy atom. The third-order valence-corrected chi connectivity index (χ3v) is 4.95. The molecule has 7 heteroatoms. The van der Waals surface area contributed by atoms with Crippen LogP contribution in [0.5, 0.6) is 11.5 Å². The number of thiophene rings is 1. The highest BCUT2D eigenvalue weighted by molar-refractivity contribution is 7.90. The number of nitrogens with one attached hydrogen (secondary N) is 1. The van der Waals surface area contributed by atoms with Gasteiger partial charge in [0.1, 0.15) is 16.4 Å². The number of rotatable bonds is 9. The fraction of sp³-hybridized carbons (Fsp3) is 0.375.